The number of rotatable bonds is 4. The van der Waals surface area contributed by atoms with Gasteiger partial charge in [0.15, 0.2) is 11.5 Å². The summed E-state index contributed by atoms with van der Waals surface area (Å²) in [6, 6.07) is 2.17. The van der Waals surface area contributed by atoms with E-state index in [0.717, 1.165) is 69.9 Å². The molecule has 3 aliphatic rings. The molecule has 0 bridgehead atoms. The number of hydrogen-bond donors (Lipinski definition) is 0. The Labute approximate surface area is 158 Å². The number of likely N-dealkylation sites (tertiary alicyclic amines) is 1. The van der Waals surface area contributed by atoms with Gasteiger partial charge in [0.2, 0.25) is 5.91 Å². The molecular weight excluding hydrogens is 344 g/mol. The quantitative estimate of drug-likeness (QED) is 0.787. The number of amides is 1. The van der Waals surface area contributed by atoms with Crippen LogP contribution in [0.25, 0.3) is 5.65 Å². The van der Waals surface area contributed by atoms with Crippen molar-refractivity contribution in [2.24, 2.45) is 0 Å². The number of piperidine rings is 1. The van der Waals surface area contributed by atoms with Gasteiger partial charge in [-0.25, -0.2) is 0 Å². The van der Waals surface area contributed by atoms with Gasteiger partial charge in [-0.1, -0.05) is 0 Å². The molecule has 8 heteroatoms. The lowest BCUT2D eigenvalue weighted by molar-refractivity contribution is -0.142. The van der Waals surface area contributed by atoms with Crippen molar-refractivity contribution in [2.75, 3.05) is 45.9 Å². The van der Waals surface area contributed by atoms with Crippen molar-refractivity contribution >= 4 is 11.6 Å². The van der Waals surface area contributed by atoms with Gasteiger partial charge in [0.05, 0.1) is 12.3 Å². The maximum absolute atomic E-state index is 11.8. The molecule has 0 spiro atoms. The highest BCUT2D eigenvalue weighted by Gasteiger charge is 2.27. The summed E-state index contributed by atoms with van der Waals surface area (Å²) < 4.78 is 7.18. The van der Waals surface area contributed by atoms with Crippen LogP contribution in [0.2, 0.25) is 0 Å². The van der Waals surface area contributed by atoms with E-state index in [4.69, 9.17) is 9.84 Å². The third-order valence-corrected chi connectivity index (χ3v) is 6.17. The fourth-order valence-corrected chi connectivity index (χ4v) is 4.51. The summed E-state index contributed by atoms with van der Waals surface area (Å²) in [5.41, 5.74) is 3.45. The van der Waals surface area contributed by atoms with Crippen LogP contribution in [0.15, 0.2) is 6.07 Å². The Hall–Kier alpha value is -2.06. The van der Waals surface area contributed by atoms with Crippen LogP contribution in [-0.4, -0.2) is 81.5 Å². The average Bonchev–Trinajstić information content (AvgIpc) is 3.32. The van der Waals surface area contributed by atoms with Gasteiger partial charge in [0, 0.05) is 25.6 Å². The lowest BCUT2D eigenvalue weighted by atomic mass is 9.96. The minimum atomic E-state index is 0.115. The van der Waals surface area contributed by atoms with Crippen LogP contribution in [-0.2, 0) is 22.4 Å². The molecule has 144 valence electrons. The number of aromatic nitrogens is 4. The minimum Gasteiger partial charge on any atom is -0.370 e. The fraction of sp³-hybridized carbons (Fsp3) is 0.684. The van der Waals surface area contributed by atoms with Crippen LogP contribution >= 0.6 is 0 Å². The van der Waals surface area contributed by atoms with Crippen molar-refractivity contribution in [1.29, 1.82) is 0 Å². The Morgan fingerprint density at radius 1 is 1.11 bits per heavy atom. The van der Waals surface area contributed by atoms with E-state index in [1.54, 1.807) is 0 Å². The Bertz CT molecular complexity index is 842. The van der Waals surface area contributed by atoms with Gasteiger partial charge >= 0.3 is 0 Å². The average molecular weight is 370 g/mol. The summed E-state index contributed by atoms with van der Waals surface area (Å²) >= 11 is 0. The van der Waals surface area contributed by atoms with Gasteiger partial charge in [-0.15, -0.1) is 10.2 Å². The fourth-order valence-electron chi connectivity index (χ4n) is 4.51. The van der Waals surface area contributed by atoms with E-state index < -0.39 is 0 Å². The van der Waals surface area contributed by atoms with Crippen molar-refractivity contribution in [1.82, 2.24) is 29.6 Å². The molecule has 1 aliphatic carbocycles. The van der Waals surface area contributed by atoms with Crippen molar-refractivity contribution in [3.63, 3.8) is 0 Å². The van der Waals surface area contributed by atoms with E-state index in [0.29, 0.717) is 12.5 Å². The normalized spacial score (nSPS) is 21.9. The monoisotopic (exact) mass is 370 g/mol. The first-order valence-corrected chi connectivity index (χ1v) is 10.1. The van der Waals surface area contributed by atoms with Crippen LogP contribution in [0.3, 0.4) is 0 Å². The van der Waals surface area contributed by atoms with E-state index in [1.165, 1.54) is 17.7 Å². The number of fused-ring (bicyclic) bond motifs is 2. The third kappa shape index (κ3) is 3.32. The molecule has 1 amide bonds. The maximum atomic E-state index is 11.8. The Kier molecular flexibility index (Phi) is 4.53. The highest BCUT2D eigenvalue weighted by Crippen LogP contribution is 2.28. The first kappa shape index (κ1) is 17.1. The summed E-state index contributed by atoms with van der Waals surface area (Å²) in [5.74, 6) is 1.54. The van der Waals surface area contributed by atoms with E-state index in [1.807, 2.05) is 9.42 Å². The number of carbonyl (C=O) groups is 1. The number of nitrogens with zero attached hydrogens (tertiary/aromatic N) is 6. The lowest BCUT2D eigenvalue weighted by Crippen LogP contribution is -2.46. The number of hydrogen-bond acceptors (Lipinski definition) is 6. The maximum Gasteiger partial charge on any atom is 0.248 e. The molecule has 4 heterocycles. The van der Waals surface area contributed by atoms with Crippen LogP contribution in [0.5, 0.6) is 0 Å². The number of aryl methyl sites for hydroxylation is 2. The molecule has 2 aliphatic heterocycles. The molecule has 0 atom stereocenters. The first-order valence-electron chi connectivity index (χ1n) is 10.1. The van der Waals surface area contributed by atoms with Gasteiger partial charge in [-0.05, 0) is 56.8 Å². The zero-order chi connectivity index (χ0) is 18.2. The van der Waals surface area contributed by atoms with Crippen molar-refractivity contribution in [2.45, 2.75) is 38.0 Å². The summed E-state index contributed by atoms with van der Waals surface area (Å²) in [7, 11) is 0. The highest BCUT2D eigenvalue weighted by molar-refractivity contribution is 5.77. The van der Waals surface area contributed by atoms with Gasteiger partial charge in [-0.2, -0.15) is 9.61 Å². The van der Waals surface area contributed by atoms with Crippen molar-refractivity contribution in [3.8, 4) is 0 Å². The molecule has 0 radical (unpaired) electrons. The largest absolute Gasteiger partial charge is 0.370 e. The third-order valence-electron chi connectivity index (χ3n) is 6.17. The molecule has 2 aromatic rings. The predicted molar refractivity (Wildman–Crippen MR) is 98.6 cm³/mol. The van der Waals surface area contributed by atoms with Gasteiger partial charge in [0.25, 0.3) is 0 Å². The summed E-state index contributed by atoms with van der Waals surface area (Å²) in [6.07, 6.45) is 5.52. The number of ether oxygens (including phenoxy) is 1. The van der Waals surface area contributed by atoms with E-state index >= 15 is 0 Å². The summed E-state index contributed by atoms with van der Waals surface area (Å²) in [4.78, 5) is 16.2. The first-order chi connectivity index (χ1) is 13.3. The molecule has 2 aromatic heterocycles. The van der Waals surface area contributed by atoms with Crippen LogP contribution in [0, 0.1) is 0 Å². The molecule has 0 N–H and O–H groups in total. The molecule has 0 unspecified atom stereocenters. The van der Waals surface area contributed by atoms with Gasteiger partial charge in [-0.3, -0.25) is 4.79 Å². The second kappa shape index (κ2) is 7.16. The number of morpholine rings is 1. The number of carbonyl (C=O) groups excluding carboxylic acids is 1. The lowest BCUT2D eigenvalue weighted by Gasteiger charge is -2.34. The Morgan fingerprint density at radius 3 is 2.85 bits per heavy atom. The van der Waals surface area contributed by atoms with Gasteiger partial charge < -0.3 is 14.5 Å². The van der Waals surface area contributed by atoms with Crippen molar-refractivity contribution < 1.29 is 9.53 Å². The molecule has 27 heavy (non-hydrogen) atoms. The molecular formula is C19H26N6O2. The van der Waals surface area contributed by atoms with E-state index in [-0.39, 0.29) is 12.5 Å². The zero-order valence-corrected chi connectivity index (χ0v) is 15.6. The van der Waals surface area contributed by atoms with E-state index in [9.17, 15) is 4.79 Å². The summed E-state index contributed by atoms with van der Waals surface area (Å²) in [6.45, 7) is 5.41. The molecule has 2 fully saturated rings. The van der Waals surface area contributed by atoms with E-state index in [2.05, 4.69) is 21.2 Å². The minimum absolute atomic E-state index is 0.115. The Morgan fingerprint density at radius 2 is 2.00 bits per heavy atom. The molecule has 0 saturated carbocycles. The smallest absolute Gasteiger partial charge is 0.248 e. The molecule has 0 aromatic carbocycles. The van der Waals surface area contributed by atoms with Crippen molar-refractivity contribution in [3.05, 3.63) is 23.1 Å². The van der Waals surface area contributed by atoms with Gasteiger partial charge in [0.1, 0.15) is 6.61 Å². The SMILES string of the molecule is O=C1COCCN1CCN1CCC(c2nnc3cc4c(nn23)CCC4)CC1. The molecule has 8 nitrogen and oxygen atoms in total. The standard InChI is InChI=1S/C19H26N6O2/c26-18-13-27-11-10-24(18)9-8-23-6-4-14(5-7-23)19-21-20-17-12-15-2-1-3-16(15)22-25(17)19/h12,14H,1-11,13H2. The topological polar surface area (TPSA) is 75.9 Å². The van der Waals surface area contributed by atoms with Crippen LogP contribution < -0.4 is 0 Å². The zero-order valence-electron chi connectivity index (χ0n) is 15.6. The van der Waals surface area contributed by atoms with Crippen LogP contribution in [0.1, 0.15) is 42.3 Å². The molecule has 2 saturated heterocycles. The Balaban J connectivity index is 1.21. The molecule has 5 rings (SSSR count). The predicted octanol–water partition coefficient (Wildman–Crippen LogP) is 0.651. The highest BCUT2D eigenvalue weighted by atomic mass is 16.5. The second-order valence-corrected chi connectivity index (χ2v) is 7.85. The summed E-state index contributed by atoms with van der Waals surface area (Å²) in [5, 5.41) is 13.7. The second-order valence-electron chi connectivity index (χ2n) is 7.85. The van der Waals surface area contributed by atoms with Crippen LogP contribution in [0.4, 0.5) is 0 Å².